The van der Waals surface area contributed by atoms with Crippen molar-refractivity contribution >= 4 is 40.0 Å². The molecule has 1 aliphatic rings. The molecule has 0 radical (unpaired) electrons. The SMILES string of the molecule is O=C(O)c1ccc(Nc2nc(Cl)nc3cc4c(cc23)OCO4)cc1. The molecule has 2 aromatic carbocycles. The molecule has 2 heterocycles. The van der Waals surface area contributed by atoms with Crippen molar-refractivity contribution in [3.8, 4) is 11.5 Å². The Hall–Kier alpha value is -3.06. The number of halogens is 1. The first-order chi connectivity index (χ1) is 11.6. The highest BCUT2D eigenvalue weighted by Crippen LogP contribution is 2.38. The van der Waals surface area contributed by atoms with Crippen molar-refractivity contribution in [2.24, 2.45) is 0 Å². The number of hydrogen-bond acceptors (Lipinski definition) is 6. The molecule has 24 heavy (non-hydrogen) atoms. The molecule has 0 aliphatic carbocycles. The van der Waals surface area contributed by atoms with E-state index in [1.165, 1.54) is 12.1 Å². The van der Waals surface area contributed by atoms with Gasteiger partial charge in [-0.2, -0.15) is 4.98 Å². The largest absolute Gasteiger partial charge is 0.478 e. The number of carboxylic acids is 1. The first-order valence-electron chi connectivity index (χ1n) is 6.97. The summed E-state index contributed by atoms with van der Waals surface area (Å²) in [5.74, 6) is 0.725. The van der Waals surface area contributed by atoms with Crippen LogP contribution in [-0.2, 0) is 0 Å². The number of nitrogens with zero attached hydrogens (tertiary/aromatic N) is 2. The lowest BCUT2D eigenvalue weighted by Crippen LogP contribution is -1.99. The molecular weight excluding hydrogens is 334 g/mol. The Kier molecular flexibility index (Phi) is 3.35. The number of ether oxygens (including phenoxy) is 2. The lowest BCUT2D eigenvalue weighted by atomic mass is 10.2. The maximum Gasteiger partial charge on any atom is 0.335 e. The fourth-order valence-corrected chi connectivity index (χ4v) is 2.59. The van der Waals surface area contributed by atoms with E-state index in [0.29, 0.717) is 33.9 Å². The minimum absolute atomic E-state index is 0.0889. The molecule has 0 atom stereocenters. The number of rotatable bonds is 3. The fourth-order valence-electron chi connectivity index (χ4n) is 2.42. The number of hydrogen-bond donors (Lipinski definition) is 2. The van der Waals surface area contributed by atoms with E-state index in [2.05, 4.69) is 15.3 Å². The minimum Gasteiger partial charge on any atom is -0.478 e. The quantitative estimate of drug-likeness (QED) is 0.703. The molecule has 0 amide bonds. The Bertz CT molecular complexity index is 960. The number of benzene rings is 2. The van der Waals surface area contributed by atoms with Gasteiger partial charge in [0.05, 0.1) is 11.1 Å². The van der Waals surface area contributed by atoms with Crippen LogP contribution in [0, 0.1) is 0 Å². The van der Waals surface area contributed by atoms with Crippen LogP contribution in [0.3, 0.4) is 0 Å². The van der Waals surface area contributed by atoms with Crippen LogP contribution in [0.5, 0.6) is 11.5 Å². The third kappa shape index (κ3) is 2.55. The Labute approximate surface area is 140 Å². The zero-order valence-corrected chi connectivity index (χ0v) is 12.9. The highest BCUT2D eigenvalue weighted by molar-refractivity contribution is 6.28. The lowest BCUT2D eigenvalue weighted by molar-refractivity contribution is 0.0697. The average molecular weight is 344 g/mol. The van der Waals surface area contributed by atoms with E-state index in [1.807, 2.05) is 0 Å². The summed E-state index contributed by atoms with van der Waals surface area (Å²) in [6, 6.07) is 9.83. The maximum absolute atomic E-state index is 10.9. The van der Waals surface area contributed by atoms with E-state index >= 15 is 0 Å². The van der Waals surface area contributed by atoms with Crippen molar-refractivity contribution in [1.29, 1.82) is 0 Å². The van der Waals surface area contributed by atoms with E-state index < -0.39 is 5.97 Å². The van der Waals surface area contributed by atoms with Gasteiger partial charge in [-0.05, 0) is 41.9 Å². The normalized spacial score (nSPS) is 12.4. The molecule has 0 saturated heterocycles. The van der Waals surface area contributed by atoms with Crippen LogP contribution in [-0.4, -0.2) is 27.8 Å². The van der Waals surface area contributed by atoms with E-state index in [-0.39, 0.29) is 17.6 Å². The second-order valence-corrected chi connectivity index (χ2v) is 5.41. The highest BCUT2D eigenvalue weighted by Gasteiger charge is 2.17. The van der Waals surface area contributed by atoms with Gasteiger partial charge in [-0.15, -0.1) is 0 Å². The van der Waals surface area contributed by atoms with E-state index in [4.69, 9.17) is 26.2 Å². The van der Waals surface area contributed by atoms with Crippen molar-refractivity contribution < 1.29 is 19.4 Å². The average Bonchev–Trinajstić information content (AvgIpc) is 3.00. The number of nitrogens with one attached hydrogen (secondary N) is 1. The summed E-state index contributed by atoms with van der Waals surface area (Å²) in [7, 11) is 0. The number of carboxylic acid groups (broad SMARTS) is 1. The summed E-state index contributed by atoms with van der Waals surface area (Å²) in [6.45, 7) is 0.159. The van der Waals surface area contributed by atoms with Gasteiger partial charge in [0.2, 0.25) is 12.1 Å². The zero-order chi connectivity index (χ0) is 16.7. The zero-order valence-electron chi connectivity index (χ0n) is 12.1. The van der Waals surface area contributed by atoms with Gasteiger partial charge in [0.1, 0.15) is 5.82 Å². The van der Waals surface area contributed by atoms with Gasteiger partial charge in [-0.3, -0.25) is 0 Å². The predicted molar refractivity (Wildman–Crippen MR) is 87.4 cm³/mol. The molecule has 0 saturated carbocycles. The van der Waals surface area contributed by atoms with Crippen molar-refractivity contribution in [3.63, 3.8) is 0 Å². The smallest absolute Gasteiger partial charge is 0.335 e. The molecule has 2 N–H and O–H groups in total. The number of aromatic nitrogens is 2. The van der Waals surface area contributed by atoms with Gasteiger partial charge in [0.25, 0.3) is 0 Å². The molecule has 0 bridgehead atoms. The first-order valence-corrected chi connectivity index (χ1v) is 7.35. The van der Waals surface area contributed by atoms with Crippen LogP contribution >= 0.6 is 11.6 Å². The van der Waals surface area contributed by atoms with Crippen LogP contribution in [0.1, 0.15) is 10.4 Å². The lowest BCUT2D eigenvalue weighted by Gasteiger charge is -2.10. The summed E-state index contributed by atoms with van der Waals surface area (Å²) in [6.07, 6.45) is 0. The van der Waals surface area contributed by atoms with Crippen molar-refractivity contribution in [2.75, 3.05) is 12.1 Å². The monoisotopic (exact) mass is 343 g/mol. The van der Waals surface area contributed by atoms with Crippen LogP contribution in [0.25, 0.3) is 10.9 Å². The Morgan fingerprint density at radius 2 is 1.83 bits per heavy atom. The van der Waals surface area contributed by atoms with Crippen LogP contribution in [0.15, 0.2) is 36.4 Å². The molecule has 120 valence electrons. The summed E-state index contributed by atoms with van der Waals surface area (Å²) in [5.41, 5.74) is 1.49. The van der Waals surface area contributed by atoms with Crippen molar-refractivity contribution in [1.82, 2.24) is 9.97 Å². The van der Waals surface area contributed by atoms with E-state index in [1.54, 1.807) is 24.3 Å². The summed E-state index contributed by atoms with van der Waals surface area (Å²) >= 11 is 6.00. The maximum atomic E-state index is 10.9. The van der Waals surface area contributed by atoms with Gasteiger partial charge in [-0.1, -0.05) is 0 Å². The van der Waals surface area contributed by atoms with Gasteiger partial charge in [-0.25, -0.2) is 9.78 Å². The molecule has 4 rings (SSSR count). The molecule has 3 aromatic rings. The first kappa shape index (κ1) is 14.5. The van der Waals surface area contributed by atoms with Crippen LogP contribution in [0.2, 0.25) is 5.28 Å². The molecular formula is C16H10ClN3O4. The van der Waals surface area contributed by atoms with E-state index in [9.17, 15) is 4.79 Å². The topological polar surface area (TPSA) is 93.6 Å². The van der Waals surface area contributed by atoms with Crippen LogP contribution < -0.4 is 14.8 Å². The third-order valence-corrected chi connectivity index (χ3v) is 3.73. The summed E-state index contributed by atoms with van der Waals surface area (Å²) in [5, 5.41) is 12.9. The van der Waals surface area contributed by atoms with Gasteiger partial charge < -0.3 is 19.9 Å². The molecule has 1 aromatic heterocycles. The Morgan fingerprint density at radius 1 is 1.12 bits per heavy atom. The third-order valence-electron chi connectivity index (χ3n) is 3.56. The second-order valence-electron chi connectivity index (χ2n) is 5.07. The molecule has 0 fully saturated rings. The van der Waals surface area contributed by atoms with Crippen molar-refractivity contribution in [3.05, 3.63) is 47.2 Å². The Balaban J connectivity index is 1.76. The number of aromatic carboxylic acids is 1. The summed E-state index contributed by atoms with van der Waals surface area (Å²) < 4.78 is 10.7. The molecule has 7 nitrogen and oxygen atoms in total. The fraction of sp³-hybridized carbons (Fsp3) is 0.0625. The van der Waals surface area contributed by atoms with Gasteiger partial charge >= 0.3 is 5.97 Å². The van der Waals surface area contributed by atoms with Crippen LogP contribution in [0.4, 0.5) is 11.5 Å². The molecule has 8 heteroatoms. The second kappa shape index (κ2) is 5.54. The molecule has 0 unspecified atom stereocenters. The number of fused-ring (bicyclic) bond motifs is 2. The highest BCUT2D eigenvalue weighted by atomic mass is 35.5. The summed E-state index contributed by atoms with van der Waals surface area (Å²) in [4.78, 5) is 19.3. The Morgan fingerprint density at radius 3 is 2.54 bits per heavy atom. The predicted octanol–water partition coefficient (Wildman–Crippen LogP) is 3.45. The molecule has 0 spiro atoms. The molecule has 1 aliphatic heterocycles. The number of carbonyl (C=O) groups is 1. The van der Waals surface area contributed by atoms with E-state index in [0.717, 1.165) is 0 Å². The minimum atomic E-state index is -0.982. The van der Waals surface area contributed by atoms with Gasteiger partial charge in [0, 0.05) is 17.1 Å². The number of anilines is 2. The van der Waals surface area contributed by atoms with Gasteiger partial charge in [0.15, 0.2) is 11.5 Å². The standard InChI is InChI=1S/C16H10ClN3O4/c17-16-19-11-6-13-12(23-7-24-13)5-10(11)14(20-16)18-9-3-1-8(2-4-9)15(21)22/h1-6H,7H2,(H,21,22)(H,18,19,20). The van der Waals surface area contributed by atoms with Crippen molar-refractivity contribution in [2.45, 2.75) is 0 Å².